The third-order valence-corrected chi connectivity index (χ3v) is 6.88. The number of carbonyl (C=O) groups is 3. The first kappa shape index (κ1) is 23.3. The van der Waals surface area contributed by atoms with E-state index in [2.05, 4.69) is 31.0 Å². The molecule has 36 heavy (non-hydrogen) atoms. The van der Waals surface area contributed by atoms with E-state index in [1.54, 1.807) is 38.6 Å². The van der Waals surface area contributed by atoms with Crippen LogP contribution in [0, 0.1) is 17.2 Å². The van der Waals surface area contributed by atoms with Crippen LogP contribution in [-0.2, 0) is 21.5 Å². The SMILES string of the molecule is CC1(C)CN(C(=O)C2CC(=O)N(c3cccc(C#N)c3)C2)c2ccc(Cn3cnc(C(=O)O)c3)cc21. The summed E-state index contributed by atoms with van der Waals surface area (Å²) >= 11 is 0. The zero-order valence-electron chi connectivity index (χ0n) is 20.0. The summed E-state index contributed by atoms with van der Waals surface area (Å²) in [6.07, 6.45) is 3.12. The zero-order chi connectivity index (χ0) is 25.6. The maximum atomic E-state index is 13.6. The average Bonchev–Trinajstić information content (AvgIpc) is 3.55. The average molecular weight is 484 g/mol. The second kappa shape index (κ2) is 8.64. The number of rotatable bonds is 5. The van der Waals surface area contributed by atoms with Crippen molar-refractivity contribution in [2.24, 2.45) is 5.92 Å². The number of aromatic carboxylic acids is 1. The molecule has 3 aromatic rings. The molecule has 0 radical (unpaired) electrons. The van der Waals surface area contributed by atoms with Gasteiger partial charge in [0, 0.05) is 49.0 Å². The molecule has 0 saturated carbocycles. The van der Waals surface area contributed by atoms with Crippen molar-refractivity contribution in [3.8, 4) is 6.07 Å². The van der Waals surface area contributed by atoms with E-state index in [9.17, 15) is 19.6 Å². The Kier molecular flexibility index (Phi) is 5.59. The van der Waals surface area contributed by atoms with E-state index in [0.29, 0.717) is 24.3 Å². The van der Waals surface area contributed by atoms with Gasteiger partial charge >= 0.3 is 5.97 Å². The van der Waals surface area contributed by atoms with Crippen LogP contribution in [0.5, 0.6) is 0 Å². The van der Waals surface area contributed by atoms with Crippen LogP contribution in [0.2, 0.25) is 0 Å². The highest BCUT2D eigenvalue weighted by Gasteiger charge is 2.43. The lowest BCUT2D eigenvalue weighted by atomic mass is 9.86. The second-order valence-corrected chi connectivity index (χ2v) is 9.96. The van der Waals surface area contributed by atoms with Gasteiger partial charge in [-0.3, -0.25) is 9.59 Å². The summed E-state index contributed by atoms with van der Waals surface area (Å²) in [5.41, 5.74) is 3.66. The summed E-state index contributed by atoms with van der Waals surface area (Å²) in [5, 5.41) is 18.3. The number of carbonyl (C=O) groups excluding carboxylic acids is 2. The van der Waals surface area contributed by atoms with Crippen LogP contribution in [0.1, 0.15) is 47.4 Å². The van der Waals surface area contributed by atoms with Crippen molar-refractivity contribution in [1.29, 1.82) is 5.26 Å². The lowest BCUT2D eigenvalue weighted by molar-refractivity contribution is -0.124. The van der Waals surface area contributed by atoms with Gasteiger partial charge in [0.1, 0.15) is 0 Å². The van der Waals surface area contributed by atoms with E-state index in [4.69, 9.17) is 5.11 Å². The number of imidazole rings is 1. The molecule has 1 saturated heterocycles. The topological polar surface area (TPSA) is 120 Å². The van der Waals surface area contributed by atoms with E-state index < -0.39 is 11.9 Å². The Morgan fingerprint density at radius 2 is 2.03 bits per heavy atom. The second-order valence-electron chi connectivity index (χ2n) is 9.96. The number of amides is 2. The zero-order valence-corrected chi connectivity index (χ0v) is 20.0. The van der Waals surface area contributed by atoms with Crippen LogP contribution in [0.4, 0.5) is 11.4 Å². The van der Waals surface area contributed by atoms with Crippen LogP contribution >= 0.6 is 0 Å². The summed E-state index contributed by atoms with van der Waals surface area (Å²) in [6, 6.07) is 14.9. The number of nitriles is 1. The van der Waals surface area contributed by atoms with Crippen molar-refractivity contribution in [3.05, 3.63) is 77.4 Å². The quantitative estimate of drug-likeness (QED) is 0.595. The van der Waals surface area contributed by atoms with Gasteiger partial charge in [0.25, 0.3) is 0 Å². The van der Waals surface area contributed by atoms with E-state index in [1.807, 2.05) is 12.1 Å². The Morgan fingerprint density at radius 3 is 2.75 bits per heavy atom. The predicted octanol–water partition coefficient (Wildman–Crippen LogP) is 3.18. The molecule has 9 heteroatoms. The summed E-state index contributed by atoms with van der Waals surface area (Å²) < 4.78 is 1.72. The Balaban J connectivity index is 1.36. The fourth-order valence-corrected chi connectivity index (χ4v) is 5.08. The van der Waals surface area contributed by atoms with Gasteiger partial charge in [0.15, 0.2) is 5.69 Å². The summed E-state index contributed by atoms with van der Waals surface area (Å²) in [7, 11) is 0. The number of carboxylic acid groups (broad SMARTS) is 1. The smallest absolute Gasteiger partial charge is 0.356 e. The number of hydrogen-bond donors (Lipinski definition) is 1. The van der Waals surface area contributed by atoms with Gasteiger partial charge in [0.2, 0.25) is 11.8 Å². The summed E-state index contributed by atoms with van der Waals surface area (Å²) in [6.45, 7) is 5.42. The first-order chi connectivity index (χ1) is 17.2. The van der Waals surface area contributed by atoms with E-state index in [1.165, 1.54) is 12.5 Å². The van der Waals surface area contributed by atoms with Crippen LogP contribution in [0.3, 0.4) is 0 Å². The Labute approximate surface area is 208 Å². The van der Waals surface area contributed by atoms with Crippen LogP contribution < -0.4 is 9.80 Å². The highest BCUT2D eigenvalue weighted by atomic mass is 16.4. The number of fused-ring (bicyclic) bond motifs is 1. The lowest BCUT2D eigenvalue weighted by Crippen LogP contribution is -2.39. The van der Waals surface area contributed by atoms with Gasteiger partial charge in [-0.25, -0.2) is 9.78 Å². The van der Waals surface area contributed by atoms with Gasteiger partial charge in [-0.1, -0.05) is 32.0 Å². The molecule has 2 aliphatic heterocycles. The van der Waals surface area contributed by atoms with Crippen molar-refractivity contribution >= 4 is 29.2 Å². The molecular formula is C27H25N5O4. The maximum absolute atomic E-state index is 13.6. The predicted molar refractivity (Wildman–Crippen MR) is 132 cm³/mol. The normalized spacial score (nSPS) is 18.2. The first-order valence-electron chi connectivity index (χ1n) is 11.7. The van der Waals surface area contributed by atoms with Gasteiger partial charge in [0.05, 0.1) is 23.9 Å². The van der Waals surface area contributed by atoms with Crippen molar-refractivity contribution in [2.45, 2.75) is 32.2 Å². The molecule has 1 N–H and O–H groups in total. The molecular weight excluding hydrogens is 458 g/mol. The molecule has 0 aliphatic carbocycles. The summed E-state index contributed by atoms with van der Waals surface area (Å²) in [5.74, 6) is -1.74. The molecule has 3 heterocycles. The van der Waals surface area contributed by atoms with Crippen molar-refractivity contribution in [3.63, 3.8) is 0 Å². The molecule has 9 nitrogen and oxygen atoms in total. The molecule has 1 fully saturated rings. The van der Waals surface area contributed by atoms with Crippen LogP contribution in [0.25, 0.3) is 0 Å². The number of benzene rings is 2. The number of nitrogens with zero attached hydrogens (tertiary/aromatic N) is 5. The molecule has 182 valence electrons. The molecule has 5 rings (SSSR count). The Hall–Kier alpha value is -4.45. The number of aromatic nitrogens is 2. The summed E-state index contributed by atoms with van der Waals surface area (Å²) in [4.78, 5) is 44.8. The van der Waals surface area contributed by atoms with Gasteiger partial charge < -0.3 is 19.5 Å². The number of anilines is 2. The minimum Gasteiger partial charge on any atom is -0.476 e. The minimum absolute atomic E-state index is 0.00670. The molecule has 1 atom stereocenters. The Bertz CT molecular complexity index is 1430. The fraction of sp³-hybridized carbons (Fsp3) is 0.296. The van der Waals surface area contributed by atoms with Gasteiger partial charge in [-0.05, 0) is 35.4 Å². The molecule has 2 aliphatic rings. The van der Waals surface area contributed by atoms with Gasteiger partial charge in [-0.15, -0.1) is 0 Å². The van der Waals surface area contributed by atoms with Crippen LogP contribution in [-0.4, -0.2) is 45.5 Å². The number of hydrogen-bond acceptors (Lipinski definition) is 5. The largest absolute Gasteiger partial charge is 0.476 e. The minimum atomic E-state index is -1.07. The van der Waals surface area contributed by atoms with Crippen LogP contribution in [0.15, 0.2) is 55.0 Å². The van der Waals surface area contributed by atoms with Gasteiger partial charge in [-0.2, -0.15) is 5.26 Å². The van der Waals surface area contributed by atoms with Crippen molar-refractivity contribution in [1.82, 2.24) is 9.55 Å². The highest BCUT2D eigenvalue weighted by Crippen LogP contribution is 2.42. The molecule has 0 spiro atoms. The van der Waals surface area contributed by atoms with Crippen molar-refractivity contribution in [2.75, 3.05) is 22.9 Å². The molecule has 1 aromatic heterocycles. The molecule has 0 bridgehead atoms. The fourth-order valence-electron chi connectivity index (χ4n) is 5.08. The lowest BCUT2D eigenvalue weighted by Gasteiger charge is -2.23. The third-order valence-electron chi connectivity index (χ3n) is 6.88. The van der Waals surface area contributed by atoms with E-state index >= 15 is 0 Å². The monoisotopic (exact) mass is 483 g/mol. The molecule has 1 unspecified atom stereocenters. The highest BCUT2D eigenvalue weighted by molar-refractivity contribution is 6.05. The van der Waals surface area contributed by atoms with Crippen molar-refractivity contribution < 1.29 is 19.5 Å². The van der Waals surface area contributed by atoms with E-state index in [0.717, 1.165) is 16.8 Å². The Morgan fingerprint density at radius 1 is 1.22 bits per heavy atom. The standard InChI is InChI=1S/C27H25N5O4/c1-27(2)15-32(23-7-6-18(9-21(23)27)12-30-14-22(26(35)36)29-16-30)25(34)19-10-24(33)31(13-19)20-5-3-4-17(8-20)11-28/h3-9,14,16,19H,10,12-13,15H2,1-2H3,(H,35,36). The van der Waals surface area contributed by atoms with E-state index in [-0.39, 0.29) is 35.9 Å². The number of carboxylic acids is 1. The molecule has 2 amide bonds. The maximum Gasteiger partial charge on any atom is 0.356 e. The first-order valence-corrected chi connectivity index (χ1v) is 11.7. The molecule has 2 aromatic carbocycles. The third kappa shape index (κ3) is 4.11.